The van der Waals surface area contributed by atoms with E-state index in [4.69, 9.17) is 10.2 Å². The van der Waals surface area contributed by atoms with Crippen molar-refractivity contribution in [3.05, 3.63) is 54.6 Å². The number of nitrogen functional groups attached to an aromatic ring is 1. The van der Waals surface area contributed by atoms with Gasteiger partial charge in [0.2, 0.25) is 0 Å². The van der Waals surface area contributed by atoms with Crippen molar-refractivity contribution >= 4 is 22.3 Å². The Morgan fingerprint density at radius 1 is 1.22 bits per heavy atom. The lowest BCUT2D eigenvalue weighted by Crippen LogP contribution is -2.03. The van der Waals surface area contributed by atoms with Gasteiger partial charge in [0, 0.05) is 17.5 Å². The fourth-order valence-electron chi connectivity index (χ4n) is 1.94. The van der Waals surface area contributed by atoms with Crippen molar-refractivity contribution in [1.82, 2.24) is 4.98 Å². The smallest absolute Gasteiger partial charge is 0.0952 e. The molecule has 0 atom stereocenters. The van der Waals surface area contributed by atoms with Gasteiger partial charge in [0.05, 0.1) is 35.6 Å². The van der Waals surface area contributed by atoms with Crippen molar-refractivity contribution < 1.29 is 4.42 Å². The Hall–Kier alpha value is -2.49. The van der Waals surface area contributed by atoms with Gasteiger partial charge < -0.3 is 15.5 Å². The summed E-state index contributed by atoms with van der Waals surface area (Å²) in [7, 11) is 0. The number of pyridine rings is 1. The zero-order chi connectivity index (χ0) is 12.4. The molecule has 90 valence electrons. The fourth-order valence-corrected chi connectivity index (χ4v) is 1.94. The lowest BCUT2D eigenvalue weighted by atomic mass is 10.1. The van der Waals surface area contributed by atoms with Crippen LogP contribution >= 0.6 is 0 Å². The zero-order valence-electron chi connectivity index (χ0n) is 9.76. The average Bonchev–Trinajstić information content (AvgIpc) is 2.91. The molecule has 1 aromatic carbocycles. The van der Waals surface area contributed by atoms with E-state index in [0.29, 0.717) is 12.2 Å². The highest BCUT2D eigenvalue weighted by Gasteiger charge is 2.06. The SMILES string of the molecule is Nc1cnc2ccccc2c1NCc1ccoc1. The highest BCUT2D eigenvalue weighted by Crippen LogP contribution is 2.27. The van der Waals surface area contributed by atoms with Crippen LogP contribution in [0.25, 0.3) is 10.9 Å². The van der Waals surface area contributed by atoms with Crippen LogP contribution in [0.1, 0.15) is 5.56 Å². The lowest BCUT2D eigenvalue weighted by Gasteiger charge is -2.11. The van der Waals surface area contributed by atoms with Crippen LogP contribution in [0.4, 0.5) is 11.4 Å². The van der Waals surface area contributed by atoms with Gasteiger partial charge in [-0.15, -0.1) is 0 Å². The number of anilines is 2. The molecule has 3 aromatic rings. The molecule has 2 heterocycles. The molecule has 0 fully saturated rings. The molecule has 0 radical (unpaired) electrons. The maximum absolute atomic E-state index is 5.98. The second-order valence-corrected chi connectivity index (χ2v) is 4.09. The van der Waals surface area contributed by atoms with E-state index in [0.717, 1.165) is 22.2 Å². The second kappa shape index (κ2) is 4.41. The minimum Gasteiger partial charge on any atom is -0.472 e. The Balaban J connectivity index is 1.97. The number of aromatic nitrogens is 1. The van der Waals surface area contributed by atoms with E-state index in [1.54, 1.807) is 18.7 Å². The molecule has 3 N–H and O–H groups in total. The van der Waals surface area contributed by atoms with Crippen molar-refractivity contribution in [2.75, 3.05) is 11.1 Å². The summed E-state index contributed by atoms with van der Waals surface area (Å²) in [5, 5.41) is 4.36. The van der Waals surface area contributed by atoms with Crippen molar-refractivity contribution in [1.29, 1.82) is 0 Å². The molecular weight excluding hydrogens is 226 g/mol. The number of nitrogens with two attached hydrogens (primary N) is 1. The first-order valence-corrected chi connectivity index (χ1v) is 5.73. The maximum atomic E-state index is 5.98. The van der Waals surface area contributed by atoms with Crippen LogP contribution in [-0.4, -0.2) is 4.98 Å². The van der Waals surface area contributed by atoms with E-state index in [9.17, 15) is 0 Å². The van der Waals surface area contributed by atoms with E-state index in [1.807, 2.05) is 30.3 Å². The molecule has 0 aliphatic heterocycles. The molecule has 0 saturated carbocycles. The zero-order valence-corrected chi connectivity index (χ0v) is 9.76. The van der Waals surface area contributed by atoms with E-state index in [2.05, 4.69) is 10.3 Å². The van der Waals surface area contributed by atoms with Gasteiger partial charge in [-0.3, -0.25) is 4.98 Å². The molecule has 3 rings (SSSR count). The number of benzene rings is 1. The van der Waals surface area contributed by atoms with Crippen LogP contribution in [0.2, 0.25) is 0 Å². The average molecular weight is 239 g/mol. The third-order valence-electron chi connectivity index (χ3n) is 2.85. The molecule has 0 aliphatic rings. The van der Waals surface area contributed by atoms with E-state index < -0.39 is 0 Å². The van der Waals surface area contributed by atoms with Gasteiger partial charge in [-0.2, -0.15) is 0 Å². The molecule has 0 bridgehead atoms. The molecule has 0 saturated heterocycles. The Kier molecular flexibility index (Phi) is 2.61. The van der Waals surface area contributed by atoms with Crippen molar-refractivity contribution in [2.45, 2.75) is 6.54 Å². The number of hydrogen-bond donors (Lipinski definition) is 2. The number of para-hydroxylation sites is 1. The molecule has 0 amide bonds. The van der Waals surface area contributed by atoms with Crippen LogP contribution in [0.3, 0.4) is 0 Å². The predicted molar refractivity (Wildman–Crippen MR) is 72.2 cm³/mol. The molecule has 0 aliphatic carbocycles. The Bertz CT molecular complexity index is 662. The van der Waals surface area contributed by atoms with Crippen molar-refractivity contribution in [3.63, 3.8) is 0 Å². The first kappa shape index (κ1) is 10.7. The summed E-state index contributed by atoms with van der Waals surface area (Å²) in [5.41, 5.74) is 9.56. The number of rotatable bonds is 3. The highest BCUT2D eigenvalue weighted by molar-refractivity contribution is 5.96. The standard InChI is InChI=1S/C14H13N3O/c15-12-8-16-13-4-2-1-3-11(13)14(12)17-7-10-5-6-18-9-10/h1-6,8-9H,7,15H2,(H,16,17). The summed E-state index contributed by atoms with van der Waals surface area (Å²) in [6, 6.07) is 9.85. The predicted octanol–water partition coefficient (Wildman–Crippen LogP) is 3.02. The Morgan fingerprint density at radius 3 is 2.94 bits per heavy atom. The Labute approximate surface area is 104 Å². The third kappa shape index (κ3) is 1.88. The quantitative estimate of drug-likeness (QED) is 0.737. The molecule has 0 unspecified atom stereocenters. The minimum absolute atomic E-state index is 0.650. The highest BCUT2D eigenvalue weighted by atomic mass is 16.3. The van der Waals surface area contributed by atoms with E-state index in [1.165, 1.54) is 0 Å². The molecule has 2 aromatic heterocycles. The number of furan rings is 1. The molecular formula is C14H13N3O. The summed E-state index contributed by atoms with van der Waals surface area (Å²) >= 11 is 0. The largest absolute Gasteiger partial charge is 0.472 e. The van der Waals surface area contributed by atoms with Gasteiger partial charge in [-0.1, -0.05) is 18.2 Å². The maximum Gasteiger partial charge on any atom is 0.0952 e. The van der Waals surface area contributed by atoms with Crippen LogP contribution in [0.5, 0.6) is 0 Å². The fraction of sp³-hybridized carbons (Fsp3) is 0.0714. The van der Waals surface area contributed by atoms with Crippen LogP contribution in [0.15, 0.2) is 53.5 Å². The van der Waals surface area contributed by atoms with Gasteiger partial charge in [-0.25, -0.2) is 0 Å². The molecule has 18 heavy (non-hydrogen) atoms. The third-order valence-corrected chi connectivity index (χ3v) is 2.85. The van der Waals surface area contributed by atoms with Crippen LogP contribution in [-0.2, 0) is 6.54 Å². The Morgan fingerprint density at radius 2 is 2.11 bits per heavy atom. The van der Waals surface area contributed by atoms with Crippen molar-refractivity contribution in [3.8, 4) is 0 Å². The van der Waals surface area contributed by atoms with Gasteiger partial charge >= 0.3 is 0 Å². The summed E-state index contributed by atoms with van der Waals surface area (Å²) in [5.74, 6) is 0. The first-order chi connectivity index (χ1) is 8.84. The number of hydrogen-bond acceptors (Lipinski definition) is 4. The minimum atomic E-state index is 0.650. The monoisotopic (exact) mass is 239 g/mol. The summed E-state index contributed by atoms with van der Waals surface area (Å²) < 4.78 is 5.04. The van der Waals surface area contributed by atoms with Gasteiger partial charge in [0.25, 0.3) is 0 Å². The van der Waals surface area contributed by atoms with E-state index >= 15 is 0 Å². The summed E-state index contributed by atoms with van der Waals surface area (Å²) in [6.45, 7) is 0.675. The van der Waals surface area contributed by atoms with Gasteiger partial charge in [-0.05, 0) is 12.1 Å². The van der Waals surface area contributed by atoms with Crippen LogP contribution < -0.4 is 11.1 Å². The van der Waals surface area contributed by atoms with Gasteiger partial charge in [0.15, 0.2) is 0 Å². The lowest BCUT2D eigenvalue weighted by molar-refractivity contribution is 0.564. The van der Waals surface area contributed by atoms with E-state index in [-0.39, 0.29) is 0 Å². The topological polar surface area (TPSA) is 64.1 Å². The number of nitrogens with zero attached hydrogens (tertiary/aromatic N) is 1. The number of nitrogens with one attached hydrogen (secondary N) is 1. The van der Waals surface area contributed by atoms with Gasteiger partial charge in [0.1, 0.15) is 0 Å². The molecule has 4 heteroatoms. The molecule has 4 nitrogen and oxygen atoms in total. The second-order valence-electron chi connectivity index (χ2n) is 4.09. The first-order valence-electron chi connectivity index (χ1n) is 5.73. The number of fused-ring (bicyclic) bond motifs is 1. The summed E-state index contributed by atoms with van der Waals surface area (Å²) in [6.07, 6.45) is 5.05. The summed E-state index contributed by atoms with van der Waals surface area (Å²) in [4.78, 5) is 4.30. The van der Waals surface area contributed by atoms with Crippen molar-refractivity contribution in [2.24, 2.45) is 0 Å². The normalized spacial score (nSPS) is 10.7. The molecule has 0 spiro atoms. The van der Waals surface area contributed by atoms with Crippen LogP contribution in [0, 0.1) is 0 Å².